The number of carbonyl (C=O) groups is 1. The number of rotatable bonds is 2. The summed E-state index contributed by atoms with van der Waals surface area (Å²) in [6.07, 6.45) is 4.49. The average Bonchev–Trinajstić information content (AvgIpc) is 2.98. The SMILES string of the molecule is Cc1nc(CN2CCC3(CCCO3)CCC2=O)no1. The third-order valence-corrected chi connectivity index (χ3v) is 4.07. The quantitative estimate of drug-likeness (QED) is 0.809. The molecule has 0 aromatic carbocycles. The molecule has 2 fully saturated rings. The first kappa shape index (κ1) is 12.6. The van der Waals surface area contributed by atoms with E-state index in [-0.39, 0.29) is 11.5 Å². The number of aryl methyl sites for hydroxylation is 1. The lowest BCUT2D eigenvalue weighted by Crippen LogP contribution is -2.32. The fraction of sp³-hybridized carbons (Fsp3) is 0.769. The normalized spacial score (nSPS) is 28.1. The topological polar surface area (TPSA) is 68.5 Å². The molecule has 1 atom stereocenters. The summed E-state index contributed by atoms with van der Waals surface area (Å²) in [6.45, 7) is 3.74. The Balaban J connectivity index is 1.67. The Hall–Kier alpha value is -1.43. The van der Waals surface area contributed by atoms with E-state index >= 15 is 0 Å². The zero-order valence-corrected chi connectivity index (χ0v) is 11.2. The van der Waals surface area contributed by atoms with Crippen molar-refractivity contribution in [1.82, 2.24) is 15.0 Å². The minimum absolute atomic E-state index is 0.0580. The largest absolute Gasteiger partial charge is 0.375 e. The first-order valence-corrected chi connectivity index (χ1v) is 6.88. The summed E-state index contributed by atoms with van der Waals surface area (Å²) < 4.78 is 10.8. The second-order valence-electron chi connectivity index (χ2n) is 5.43. The van der Waals surface area contributed by atoms with Gasteiger partial charge in [0.25, 0.3) is 0 Å². The van der Waals surface area contributed by atoms with Gasteiger partial charge in [0.15, 0.2) is 5.82 Å². The Morgan fingerprint density at radius 1 is 1.37 bits per heavy atom. The molecule has 3 rings (SSSR count). The highest BCUT2D eigenvalue weighted by Gasteiger charge is 2.38. The maximum atomic E-state index is 12.1. The standard InChI is InChI=1S/C13H19N3O3/c1-10-14-11(15-19-10)9-16-7-6-13(4-2-8-18-13)5-3-12(16)17/h2-9H2,1H3. The van der Waals surface area contributed by atoms with E-state index in [1.165, 1.54) is 0 Å². The van der Waals surface area contributed by atoms with Gasteiger partial charge in [-0.1, -0.05) is 5.16 Å². The van der Waals surface area contributed by atoms with Crippen LogP contribution in [0.1, 0.15) is 43.8 Å². The molecule has 0 saturated carbocycles. The van der Waals surface area contributed by atoms with Gasteiger partial charge in [0.2, 0.25) is 11.8 Å². The number of ether oxygens (including phenoxy) is 1. The van der Waals surface area contributed by atoms with E-state index in [4.69, 9.17) is 9.26 Å². The predicted molar refractivity (Wildman–Crippen MR) is 66.2 cm³/mol. The molecule has 1 spiro atoms. The van der Waals surface area contributed by atoms with Gasteiger partial charge in [0.1, 0.15) is 0 Å². The molecule has 0 aliphatic carbocycles. The number of amides is 1. The third kappa shape index (κ3) is 2.63. The van der Waals surface area contributed by atoms with E-state index in [9.17, 15) is 4.79 Å². The molecule has 104 valence electrons. The van der Waals surface area contributed by atoms with Crippen LogP contribution in [0.5, 0.6) is 0 Å². The number of aromatic nitrogens is 2. The van der Waals surface area contributed by atoms with Gasteiger partial charge in [-0.3, -0.25) is 4.79 Å². The molecule has 3 heterocycles. The number of carbonyl (C=O) groups excluding carboxylic acids is 1. The molecular formula is C13H19N3O3. The van der Waals surface area contributed by atoms with Crippen LogP contribution in [-0.2, 0) is 16.1 Å². The Kier molecular flexibility index (Phi) is 3.26. The van der Waals surface area contributed by atoms with Crippen LogP contribution in [0.4, 0.5) is 0 Å². The van der Waals surface area contributed by atoms with Crippen molar-refractivity contribution < 1.29 is 14.1 Å². The maximum absolute atomic E-state index is 12.1. The van der Waals surface area contributed by atoms with Crippen molar-refractivity contribution in [2.45, 2.75) is 51.2 Å². The fourth-order valence-corrected chi connectivity index (χ4v) is 2.97. The molecular weight excluding hydrogens is 246 g/mol. The van der Waals surface area contributed by atoms with Gasteiger partial charge in [-0.05, 0) is 25.7 Å². The van der Waals surface area contributed by atoms with Crippen LogP contribution in [-0.4, -0.2) is 39.7 Å². The van der Waals surface area contributed by atoms with Crippen molar-refractivity contribution in [1.29, 1.82) is 0 Å². The van der Waals surface area contributed by atoms with Crippen molar-refractivity contribution in [3.63, 3.8) is 0 Å². The van der Waals surface area contributed by atoms with Crippen molar-refractivity contribution >= 4 is 5.91 Å². The predicted octanol–water partition coefficient (Wildman–Crippen LogP) is 1.44. The second kappa shape index (κ2) is 4.92. The summed E-state index contributed by atoms with van der Waals surface area (Å²) in [5.74, 6) is 1.27. The van der Waals surface area contributed by atoms with Crippen molar-refractivity contribution in [2.75, 3.05) is 13.2 Å². The van der Waals surface area contributed by atoms with Gasteiger partial charge in [-0.15, -0.1) is 0 Å². The van der Waals surface area contributed by atoms with E-state index in [2.05, 4.69) is 10.1 Å². The second-order valence-corrected chi connectivity index (χ2v) is 5.43. The Labute approximate surface area is 112 Å². The molecule has 2 saturated heterocycles. The van der Waals surface area contributed by atoms with E-state index in [0.717, 1.165) is 32.3 Å². The molecule has 1 amide bonds. The number of hydrogen-bond donors (Lipinski definition) is 0. The third-order valence-electron chi connectivity index (χ3n) is 4.07. The van der Waals surface area contributed by atoms with E-state index < -0.39 is 0 Å². The summed E-state index contributed by atoms with van der Waals surface area (Å²) in [4.78, 5) is 18.1. The van der Waals surface area contributed by atoms with Gasteiger partial charge in [-0.25, -0.2) is 0 Å². The Morgan fingerprint density at radius 2 is 2.26 bits per heavy atom. The zero-order chi connectivity index (χ0) is 13.3. The molecule has 19 heavy (non-hydrogen) atoms. The number of nitrogens with zero attached hydrogens (tertiary/aromatic N) is 3. The van der Waals surface area contributed by atoms with Crippen LogP contribution in [0.15, 0.2) is 4.52 Å². The Morgan fingerprint density at radius 3 is 2.95 bits per heavy atom. The lowest BCUT2D eigenvalue weighted by molar-refractivity contribution is -0.131. The molecule has 0 bridgehead atoms. The molecule has 1 aromatic rings. The van der Waals surface area contributed by atoms with Gasteiger partial charge in [0, 0.05) is 26.5 Å². The molecule has 0 radical (unpaired) electrons. The molecule has 1 unspecified atom stereocenters. The highest BCUT2D eigenvalue weighted by Crippen LogP contribution is 2.36. The van der Waals surface area contributed by atoms with Crippen LogP contribution in [0, 0.1) is 6.92 Å². The lowest BCUT2D eigenvalue weighted by Gasteiger charge is -2.26. The molecule has 2 aliphatic heterocycles. The Bertz CT molecular complexity index is 465. The van der Waals surface area contributed by atoms with Crippen LogP contribution < -0.4 is 0 Å². The van der Waals surface area contributed by atoms with E-state index in [0.29, 0.717) is 31.2 Å². The van der Waals surface area contributed by atoms with Crippen LogP contribution >= 0.6 is 0 Å². The summed E-state index contributed by atoms with van der Waals surface area (Å²) in [5.41, 5.74) is -0.0580. The molecule has 6 nitrogen and oxygen atoms in total. The summed E-state index contributed by atoms with van der Waals surface area (Å²) in [5, 5.41) is 3.85. The van der Waals surface area contributed by atoms with Gasteiger partial charge >= 0.3 is 0 Å². The summed E-state index contributed by atoms with van der Waals surface area (Å²) >= 11 is 0. The number of hydrogen-bond acceptors (Lipinski definition) is 5. The van der Waals surface area contributed by atoms with E-state index in [1.807, 2.05) is 4.90 Å². The summed E-state index contributed by atoms with van der Waals surface area (Å²) in [6, 6.07) is 0. The first-order chi connectivity index (χ1) is 9.17. The van der Waals surface area contributed by atoms with Crippen LogP contribution in [0.3, 0.4) is 0 Å². The molecule has 0 N–H and O–H groups in total. The highest BCUT2D eigenvalue weighted by molar-refractivity contribution is 5.76. The van der Waals surface area contributed by atoms with Gasteiger partial charge in [0.05, 0.1) is 12.1 Å². The van der Waals surface area contributed by atoms with E-state index in [1.54, 1.807) is 6.92 Å². The molecule has 2 aliphatic rings. The average molecular weight is 265 g/mol. The summed E-state index contributed by atoms with van der Waals surface area (Å²) in [7, 11) is 0. The van der Waals surface area contributed by atoms with Crippen molar-refractivity contribution in [3.8, 4) is 0 Å². The van der Waals surface area contributed by atoms with Gasteiger partial charge < -0.3 is 14.2 Å². The van der Waals surface area contributed by atoms with Crippen LogP contribution in [0.2, 0.25) is 0 Å². The lowest BCUT2D eigenvalue weighted by atomic mass is 9.92. The monoisotopic (exact) mass is 265 g/mol. The van der Waals surface area contributed by atoms with Crippen LogP contribution in [0.25, 0.3) is 0 Å². The fourth-order valence-electron chi connectivity index (χ4n) is 2.97. The zero-order valence-electron chi connectivity index (χ0n) is 11.2. The van der Waals surface area contributed by atoms with Gasteiger partial charge in [-0.2, -0.15) is 4.98 Å². The molecule has 1 aromatic heterocycles. The minimum atomic E-state index is -0.0580. The van der Waals surface area contributed by atoms with Crippen molar-refractivity contribution in [2.24, 2.45) is 0 Å². The smallest absolute Gasteiger partial charge is 0.223 e. The first-order valence-electron chi connectivity index (χ1n) is 6.88. The highest BCUT2D eigenvalue weighted by atomic mass is 16.5. The minimum Gasteiger partial charge on any atom is -0.375 e. The number of likely N-dealkylation sites (tertiary alicyclic amines) is 1. The van der Waals surface area contributed by atoms with Crippen molar-refractivity contribution in [3.05, 3.63) is 11.7 Å². The maximum Gasteiger partial charge on any atom is 0.223 e. The molecule has 6 heteroatoms.